The van der Waals surface area contributed by atoms with Crippen molar-refractivity contribution in [3.05, 3.63) is 11.6 Å². The first-order valence-electron chi connectivity index (χ1n) is 3.09. The maximum Gasteiger partial charge on any atom is 0.229 e. The molecule has 0 aliphatic carbocycles. The predicted molar refractivity (Wildman–Crippen MR) is 41.8 cm³/mol. The Hall–Kier alpha value is -0.770. The average Bonchev–Trinajstić information content (AvgIpc) is 2.34. The van der Waals surface area contributed by atoms with Crippen molar-refractivity contribution in [2.75, 3.05) is 0 Å². The first-order chi connectivity index (χ1) is 4.79. The summed E-state index contributed by atoms with van der Waals surface area (Å²) in [6.07, 6.45) is 1.72. The van der Waals surface area contributed by atoms with Crippen molar-refractivity contribution in [2.24, 2.45) is 10.2 Å². The highest BCUT2D eigenvalue weighted by atomic mass is 32.1. The fraction of sp³-hybridized carbons (Fsp3) is 0.500. The molecule has 0 unspecified atom stereocenters. The molecule has 1 rings (SSSR count). The van der Waals surface area contributed by atoms with Crippen LogP contribution < -0.4 is 0 Å². The molecule has 0 fully saturated rings. The van der Waals surface area contributed by atoms with Crippen molar-refractivity contribution in [3.8, 4) is 0 Å². The fourth-order valence-corrected chi connectivity index (χ4v) is 0.890. The molecule has 0 radical (unpaired) electrons. The van der Waals surface area contributed by atoms with Crippen LogP contribution in [0.4, 0.5) is 5.13 Å². The highest BCUT2D eigenvalue weighted by Crippen LogP contribution is 2.15. The predicted octanol–water partition coefficient (Wildman–Crippen LogP) is 2.64. The molecule has 0 N–H and O–H groups in total. The quantitative estimate of drug-likeness (QED) is 0.605. The lowest BCUT2D eigenvalue weighted by Crippen LogP contribution is -1.83. The molecule has 0 saturated carbocycles. The van der Waals surface area contributed by atoms with Crippen LogP contribution in [0.3, 0.4) is 0 Å². The second kappa shape index (κ2) is 3.41. The molecule has 10 heavy (non-hydrogen) atoms. The third-order valence-corrected chi connectivity index (χ3v) is 1.45. The molecule has 0 atom stereocenters. The van der Waals surface area contributed by atoms with Gasteiger partial charge in [-0.25, -0.2) is 4.98 Å². The molecule has 0 saturated heterocycles. The number of thiazole rings is 1. The molecule has 0 amide bonds. The minimum Gasteiger partial charge on any atom is -0.226 e. The van der Waals surface area contributed by atoms with Gasteiger partial charge in [-0.2, -0.15) is 5.11 Å². The van der Waals surface area contributed by atoms with Crippen LogP contribution in [0.1, 0.15) is 13.8 Å². The van der Waals surface area contributed by atoms with Gasteiger partial charge in [0.25, 0.3) is 0 Å². The zero-order chi connectivity index (χ0) is 7.40. The van der Waals surface area contributed by atoms with Crippen molar-refractivity contribution in [1.29, 1.82) is 0 Å². The van der Waals surface area contributed by atoms with Gasteiger partial charge in [0.15, 0.2) is 0 Å². The molecule has 3 nitrogen and oxygen atoms in total. The van der Waals surface area contributed by atoms with Crippen molar-refractivity contribution in [2.45, 2.75) is 19.9 Å². The van der Waals surface area contributed by atoms with Crippen LogP contribution in [0.15, 0.2) is 21.8 Å². The Morgan fingerprint density at radius 2 is 2.40 bits per heavy atom. The lowest BCUT2D eigenvalue weighted by molar-refractivity contribution is 0.778. The van der Waals surface area contributed by atoms with Gasteiger partial charge in [-0.1, -0.05) is 0 Å². The Morgan fingerprint density at radius 1 is 1.60 bits per heavy atom. The lowest BCUT2D eigenvalue weighted by atomic mass is 10.4. The molecular formula is C6H9N3S. The summed E-state index contributed by atoms with van der Waals surface area (Å²) in [6, 6.07) is 0.254. The lowest BCUT2D eigenvalue weighted by Gasteiger charge is -1.88. The second-order valence-corrected chi connectivity index (χ2v) is 3.00. The van der Waals surface area contributed by atoms with E-state index >= 15 is 0 Å². The molecule has 1 aromatic heterocycles. The Kier molecular flexibility index (Phi) is 2.50. The summed E-state index contributed by atoms with van der Waals surface area (Å²) in [7, 11) is 0. The SMILES string of the molecule is CC(C)N=Nc1nccs1. The van der Waals surface area contributed by atoms with Gasteiger partial charge in [0.05, 0.1) is 6.04 Å². The van der Waals surface area contributed by atoms with E-state index in [-0.39, 0.29) is 6.04 Å². The fourth-order valence-electron chi connectivity index (χ4n) is 0.430. The standard InChI is InChI=1S/C6H9N3S/c1-5(2)8-9-6-7-3-4-10-6/h3-5H,1-2H3. The van der Waals surface area contributed by atoms with Gasteiger partial charge in [0, 0.05) is 11.6 Å². The Labute approximate surface area is 63.8 Å². The van der Waals surface area contributed by atoms with Crippen molar-refractivity contribution < 1.29 is 0 Å². The van der Waals surface area contributed by atoms with Crippen LogP contribution in [-0.2, 0) is 0 Å². The smallest absolute Gasteiger partial charge is 0.226 e. The van der Waals surface area contributed by atoms with E-state index in [2.05, 4.69) is 15.2 Å². The molecule has 0 aliphatic rings. The number of rotatable bonds is 2. The van der Waals surface area contributed by atoms with Crippen LogP contribution in [0.25, 0.3) is 0 Å². The minimum absolute atomic E-state index is 0.254. The second-order valence-electron chi connectivity index (χ2n) is 2.12. The van der Waals surface area contributed by atoms with Gasteiger partial charge in [0.1, 0.15) is 0 Å². The molecule has 1 aromatic rings. The first kappa shape index (κ1) is 7.34. The van der Waals surface area contributed by atoms with Gasteiger partial charge >= 0.3 is 0 Å². The number of nitrogens with zero attached hydrogens (tertiary/aromatic N) is 3. The average molecular weight is 155 g/mol. The molecule has 0 aromatic carbocycles. The highest BCUT2D eigenvalue weighted by molar-refractivity contribution is 7.13. The minimum atomic E-state index is 0.254. The first-order valence-corrected chi connectivity index (χ1v) is 3.97. The molecular weight excluding hydrogens is 146 g/mol. The van der Waals surface area contributed by atoms with E-state index in [0.29, 0.717) is 0 Å². The monoisotopic (exact) mass is 155 g/mol. The van der Waals surface area contributed by atoms with Gasteiger partial charge < -0.3 is 0 Å². The van der Waals surface area contributed by atoms with Gasteiger partial charge in [0.2, 0.25) is 5.13 Å². The Bertz CT molecular complexity index is 203. The normalized spacial score (nSPS) is 11.5. The molecule has 1 heterocycles. The summed E-state index contributed by atoms with van der Waals surface area (Å²) in [4.78, 5) is 3.95. The van der Waals surface area contributed by atoms with Gasteiger partial charge in [-0.15, -0.1) is 16.5 Å². The van der Waals surface area contributed by atoms with Crippen LogP contribution in [0, 0.1) is 0 Å². The van der Waals surface area contributed by atoms with Gasteiger partial charge in [-0.3, -0.25) is 0 Å². The van der Waals surface area contributed by atoms with Crippen molar-refractivity contribution in [1.82, 2.24) is 4.98 Å². The number of hydrogen-bond acceptors (Lipinski definition) is 4. The summed E-state index contributed by atoms with van der Waals surface area (Å²) in [5, 5.41) is 10.5. The molecule has 0 aliphatic heterocycles. The van der Waals surface area contributed by atoms with E-state index in [0.717, 1.165) is 5.13 Å². The Morgan fingerprint density at radius 3 is 2.90 bits per heavy atom. The van der Waals surface area contributed by atoms with E-state index in [9.17, 15) is 0 Å². The summed E-state index contributed by atoms with van der Waals surface area (Å²) < 4.78 is 0. The number of hydrogen-bond donors (Lipinski definition) is 0. The van der Waals surface area contributed by atoms with Crippen molar-refractivity contribution >= 4 is 16.5 Å². The summed E-state index contributed by atoms with van der Waals surface area (Å²) in [6.45, 7) is 3.97. The third-order valence-electron chi connectivity index (χ3n) is 0.794. The maximum absolute atomic E-state index is 3.95. The third kappa shape index (κ3) is 2.23. The zero-order valence-electron chi connectivity index (χ0n) is 5.98. The number of aromatic nitrogens is 1. The summed E-state index contributed by atoms with van der Waals surface area (Å²) in [5.41, 5.74) is 0. The maximum atomic E-state index is 3.95. The van der Waals surface area contributed by atoms with E-state index in [1.54, 1.807) is 6.20 Å². The summed E-state index contributed by atoms with van der Waals surface area (Å²) in [5.74, 6) is 0. The Balaban J connectivity index is 2.55. The van der Waals surface area contributed by atoms with Crippen LogP contribution in [-0.4, -0.2) is 11.0 Å². The molecule has 4 heteroatoms. The molecule has 0 spiro atoms. The van der Waals surface area contributed by atoms with E-state index in [1.807, 2.05) is 19.2 Å². The van der Waals surface area contributed by atoms with Crippen molar-refractivity contribution in [3.63, 3.8) is 0 Å². The van der Waals surface area contributed by atoms with E-state index in [1.165, 1.54) is 11.3 Å². The highest BCUT2D eigenvalue weighted by Gasteiger charge is 1.90. The molecule has 0 bridgehead atoms. The topological polar surface area (TPSA) is 37.6 Å². The van der Waals surface area contributed by atoms with Crippen LogP contribution in [0.5, 0.6) is 0 Å². The van der Waals surface area contributed by atoms with Gasteiger partial charge in [-0.05, 0) is 13.8 Å². The van der Waals surface area contributed by atoms with E-state index < -0.39 is 0 Å². The molecule has 54 valence electrons. The zero-order valence-corrected chi connectivity index (χ0v) is 6.80. The largest absolute Gasteiger partial charge is 0.229 e. The summed E-state index contributed by atoms with van der Waals surface area (Å²) >= 11 is 1.49. The number of azo groups is 1. The van der Waals surface area contributed by atoms with Crippen LogP contribution >= 0.6 is 11.3 Å². The van der Waals surface area contributed by atoms with E-state index in [4.69, 9.17) is 0 Å². The van der Waals surface area contributed by atoms with Crippen LogP contribution in [0.2, 0.25) is 0 Å².